The fourth-order valence-electron chi connectivity index (χ4n) is 4.15. The monoisotopic (exact) mass is 318 g/mol. The second kappa shape index (κ2) is 6.54. The molecule has 1 N–H and O–H groups in total. The number of hydrogen-bond donors (Lipinski definition) is 1. The van der Waals surface area contributed by atoms with E-state index < -0.39 is 0 Å². The predicted molar refractivity (Wildman–Crippen MR) is 101 cm³/mol. The minimum atomic E-state index is 0.457. The van der Waals surface area contributed by atoms with Crippen LogP contribution in [0.15, 0.2) is 54.6 Å². The highest BCUT2D eigenvalue weighted by Crippen LogP contribution is 2.39. The molecule has 0 unspecified atom stereocenters. The van der Waals surface area contributed by atoms with Crippen molar-refractivity contribution in [3.63, 3.8) is 0 Å². The molecule has 0 saturated carbocycles. The van der Waals surface area contributed by atoms with Crippen LogP contribution in [0.5, 0.6) is 0 Å². The summed E-state index contributed by atoms with van der Waals surface area (Å²) in [5.41, 5.74) is 8.49. The summed E-state index contributed by atoms with van der Waals surface area (Å²) in [5.74, 6) is 0. The largest absolute Gasteiger partial charge is 0.314 e. The van der Waals surface area contributed by atoms with E-state index in [0.29, 0.717) is 6.04 Å². The van der Waals surface area contributed by atoms with E-state index in [2.05, 4.69) is 66.2 Å². The van der Waals surface area contributed by atoms with Gasteiger partial charge in [0, 0.05) is 32.2 Å². The van der Waals surface area contributed by atoms with Crippen molar-refractivity contribution in [3.05, 3.63) is 71.3 Å². The van der Waals surface area contributed by atoms with E-state index in [-0.39, 0.29) is 0 Å². The third kappa shape index (κ3) is 2.92. The van der Waals surface area contributed by atoms with Crippen molar-refractivity contribution in [2.24, 2.45) is 0 Å². The average molecular weight is 318 g/mol. The first kappa shape index (κ1) is 15.6. The molecule has 0 spiro atoms. The summed E-state index contributed by atoms with van der Waals surface area (Å²) in [6, 6.07) is 16.4. The van der Waals surface area contributed by atoms with Crippen LogP contribution in [0.1, 0.15) is 36.1 Å². The average Bonchev–Trinajstić information content (AvgIpc) is 2.98. The lowest BCUT2D eigenvalue weighted by molar-refractivity contribution is 0.172. The van der Waals surface area contributed by atoms with Crippen molar-refractivity contribution in [2.45, 2.75) is 25.8 Å². The highest BCUT2D eigenvalue weighted by Gasteiger charge is 2.24. The van der Waals surface area contributed by atoms with E-state index in [1.54, 1.807) is 0 Å². The Morgan fingerprint density at radius 3 is 2.62 bits per heavy atom. The van der Waals surface area contributed by atoms with Crippen LogP contribution >= 0.6 is 0 Å². The summed E-state index contributed by atoms with van der Waals surface area (Å²) in [6.07, 6.45) is 2.12. The van der Waals surface area contributed by atoms with Crippen LogP contribution in [0.2, 0.25) is 0 Å². The first-order valence-corrected chi connectivity index (χ1v) is 9.02. The molecule has 2 nitrogen and oxygen atoms in total. The molecule has 1 heterocycles. The molecule has 0 radical (unpaired) electrons. The van der Waals surface area contributed by atoms with Crippen LogP contribution in [0, 0.1) is 0 Å². The zero-order chi connectivity index (χ0) is 16.5. The smallest absolute Gasteiger partial charge is 0.0386 e. The van der Waals surface area contributed by atoms with Gasteiger partial charge in [0.15, 0.2) is 0 Å². The molecule has 1 fully saturated rings. The molecule has 1 atom stereocenters. The van der Waals surface area contributed by atoms with E-state index in [1.807, 2.05) is 0 Å². The van der Waals surface area contributed by atoms with Gasteiger partial charge in [0.05, 0.1) is 0 Å². The Hall–Kier alpha value is -1.90. The minimum Gasteiger partial charge on any atom is -0.314 e. The normalized spacial score (nSPS) is 18.0. The van der Waals surface area contributed by atoms with Gasteiger partial charge in [-0.05, 0) is 47.6 Å². The van der Waals surface area contributed by atoms with Gasteiger partial charge in [0.2, 0.25) is 0 Å². The maximum Gasteiger partial charge on any atom is 0.0386 e. The van der Waals surface area contributed by atoms with Crippen LogP contribution in [-0.2, 0) is 6.42 Å². The Balaban J connectivity index is 1.67. The van der Waals surface area contributed by atoms with Crippen molar-refractivity contribution in [1.29, 1.82) is 0 Å². The first-order valence-electron chi connectivity index (χ1n) is 9.02. The second-order valence-electron chi connectivity index (χ2n) is 7.21. The molecule has 0 aromatic heterocycles. The van der Waals surface area contributed by atoms with Crippen LogP contribution < -0.4 is 5.32 Å². The van der Waals surface area contributed by atoms with Gasteiger partial charge in [-0.3, -0.25) is 4.90 Å². The SMILES string of the molecule is C=C(C)C[C@H](c1ccc2c(c1)Cc1ccccc1-2)N1CCNCC1. The van der Waals surface area contributed by atoms with E-state index in [0.717, 1.165) is 39.0 Å². The summed E-state index contributed by atoms with van der Waals surface area (Å²) in [5, 5.41) is 3.46. The van der Waals surface area contributed by atoms with Crippen molar-refractivity contribution < 1.29 is 0 Å². The Labute approximate surface area is 145 Å². The van der Waals surface area contributed by atoms with Gasteiger partial charge in [-0.2, -0.15) is 0 Å². The fourth-order valence-corrected chi connectivity index (χ4v) is 4.15. The van der Waals surface area contributed by atoms with Crippen molar-refractivity contribution in [2.75, 3.05) is 26.2 Å². The molecular weight excluding hydrogens is 292 g/mol. The van der Waals surface area contributed by atoms with Crippen LogP contribution in [-0.4, -0.2) is 31.1 Å². The lowest BCUT2D eigenvalue weighted by atomic mass is 9.94. The summed E-state index contributed by atoms with van der Waals surface area (Å²) in [4.78, 5) is 2.62. The number of nitrogens with zero attached hydrogens (tertiary/aromatic N) is 1. The lowest BCUT2D eigenvalue weighted by Crippen LogP contribution is -2.45. The van der Waals surface area contributed by atoms with Crippen molar-refractivity contribution >= 4 is 0 Å². The van der Waals surface area contributed by atoms with Crippen molar-refractivity contribution in [3.8, 4) is 11.1 Å². The zero-order valence-electron chi connectivity index (χ0n) is 14.5. The molecule has 0 bridgehead atoms. The standard InChI is InChI=1S/C22H26N2/c1-16(2)13-22(24-11-9-23-10-12-24)18-7-8-21-19(15-18)14-17-5-3-4-6-20(17)21/h3-8,15,22-23H,1,9-14H2,2H3/t22-/m1/s1. The summed E-state index contributed by atoms with van der Waals surface area (Å²) < 4.78 is 0. The molecule has 24 heavy (non-hydrogen) atoms. The number of benzene rings is 2. The third-order valence-corrected chi connectivity index (χ3v) is 5.34. The summed E-state index contributed by atoms with van der Waals surface area (Å²) >= 11 is 0. The maximum atomic E-state index is 4.18. The van der Waals surface area contributed by atoms with E-state index in [9.17, 15) is 0 Å². The molecule has 1 aliphatic heterocycles. The molecule has 2 aromatic carbocycles. The van der Waals surface area contributed by atoms with Gasteiger partial charge in [-0.15, -0.1) is 6.58 Å². The van der Waals surface area contributed by atoms with Gasteiger partial charge in [-0.25, -0.2) is 0 Å². The Morgan fingerprint density at radius 2 is 1.83 bits per heavy atom. The van der Waals surface area contributed by atoms with Gasteiger partial charge in [-0.1, -0.05) is 48.0 Å². The highest BCUT2D eigenvalue weighted by molar-refractivity contribution is 5.77. The first-order chi connectivity index (χ1) is 11.7. The van der Waals surface area contributed by atoms with Crippen LogP contribution in [0.3, 0.4) is 0 Å². The molecular formula is C22H26N2. The second-order valence-corrected chi connectivity index (χ2v) is 7.21. The fraction of sp³-hybridized carbons (Fsp3) is 0.364. The van der Waals surface area contributed by atoms with Crippen LogP contribution in [0.4, 0.5) is 0 Å². The molecule has 2 heteroatoms. The van der Waals surface area contributed by atoms with Gasteiger partial charge in [0.25, 0.3) is 0 Å². The van der Waals surface area contributed by atoms with Gasteiger partial charge < -0.3 is 5.32 Å². The number of rotatable bonds is 4. The van der Waals surface area contributed by atoms with E-state index >= 15 is 0 Å². The number of hydrogen-bond acceptors (Lipinski definition) is 2. The zero-order valence-corrected chi connectivity index (χ0v) is 14.5. The molecule has 1 saturated heterocycles. The number of fused-ring (bicyclic) bond motifs is 3. The minimum absolute atomic E-state index is 0.457. The molecule has 4 rings (SSSR count). The Morgan fingerprint density at radius 1 is 1.08 bits per heavy atom. The highest BCUT2D eigenvalue weighted by atomic mass is 15.2. The lowest BCUT2D eigenvalue weighted by Gasteiger charge is -2.35. The van der Waals surface area contributed by atoms with Gasteiger partial charge >= 0.3 is 0 Å². The molecule has 1 aliphatic carbocycles. The topological polar surface area (TPSA) is 15.3 Å². The molecule has 2 aromatic rings. The van der Waals surface area contributed by atoms with E-state index in [4.69, 9.17) is 0 Å². The molecule has 124 valence electrons. The van der Waals surface area contributed by atoms with Crippen molar-refractivity contribution in [1.82, 2.24) is 10.2 Å². The quantitative estimate of drug-likeness (QED) is 0.726. The molecule has 0 amide bonds. The maximum absolute atomic E-state index is 4.18. The molecule has 2 aliphatic rings. The van der Waals surface area contributed by atoms with Gasteiger partial charge in [0.1, 0.15) is 0 Å². The third-order valence-electron chi connectivity index (χ3n) is 5.34. The summed E-state index contributed by atoms with van der Waals surface area (Å²) in [7, 11) is 0. The van der Waals surface area contributed by atoms with E-state index in [1.165, 1.54) is 33.4 Å². The van der Waals surface area contributed by atoms with Crippen LogP contribution in [0.25, 0.3) is 11.1 Å². The Kier molecular flexibility index (Phi) is 4.26. The number of piperazine rings is 1. The summed E-state index contributed by atoms with van der Waals surface area (Å²) in [6.45, 7) is 10.7. The Bertz CT molecular complexity index is 756. The number of nitrogens with one attached hydrogen (secondary N) is 1. The predicted octanol–water partition coefficient (Wildman–Crippen LogP) is 4.17.